The lowest BCUT2D eigenvalue weighted by molar-refractivity contribution is -0.115. The van der Waals surface area contributed by atoms with Crippen LogP contribution in [0.3, 0.4) is 0 Å². The summed E-state index contributed by atoms with van der Waals surface area (Å²) in [4.78, 5) is 18.8. The van der Waals surface area contributed by atoms with Crippen molar-refractivity contribution in [1.82, 2.24) is 9.38 Å². The van der Waals surface area contributed by atoms with E-state index >= 15 is 0 Å². The van der Waals surface area contributed by atoms with Crippen molar-refractivity contribution in [2.45, 2.75) is 17.3 Å². The lowest BCUT2D eigenvalue weighted by Gasteiger charge is -2.14. The Hall–Kier alpha value is -2.47. The number of thioether (sulfide) groups is 1. The van der Waals surface area contributed by atoms with Gasteiger partial charge >= 0.3 is 0 Å². The molecule has 0 saturated carbocycles. The second kappa shape index (κ2) is 6.97. The maximum absolute atomic E-state index is 12.4. The summed E-state index contributed by atoms with van der Waals surface area (Å²) < 4.78 is 1.99. The Morgan fingerprint density at radius 1 is 1.21 bits per heavy atom. The number of rotatable bonds is 5. The summed E-state index contributed by atoms with van der Waals surface area (Å²) in [6.07, 6.45) is 3.77. The van der Waals surface area contributed by atoms with Crippen LogP contribution in [0, 0.1) is 0 Å². The molecule has 124 valence electrons. The van der Waals surface area contributed by atoms with Gasteiger partial charge < -0.3 is 10.2 Å². The minimum absolute atomic E-state index is 0.0368. The number of aromatic nitrogens is 2. The zero-order valence-electron chi connectivity index (χ0n) is 13.9. The largest absolute Gasteiger partial charge is 0.378 e. The van der Waals surface area contributed by atoms with Crippen molar-refractivity contribution in [3.05, 3.63) is 54.9 Å². The van der Waals surface area contributed by atoms with Crippen LogP contribution < -0.4 is 10.2 Å². The van der Waals surface area contributed by atoms with Crippen LogP contribution in [0.2, 0.25) is 0 Å². The fourth-order valence-electron chi connectivity index (χ4n) is 2.30. The first kappa shape index (κ1) is 16.4. The van der Waals surface area contributed by atoms with Crippen LogP contribution in [0.1, 0.15) is 6.92 Å². The van der Waals surface area contributed by atoms with Crippen molar-refractivity contribution >= 4 is 34.6 Å². The molecule has 0 unspecified atom stereocenters. The average molecular weight is 340 g/mol. The Bertz CT molecular complexity index is 842. The van der Waals surface area contributed by atoms with Crippen molar-refractivity contribution in [3.8, 4) is 0 Å². The molecule has 6 heteroatoms. The van der Waals surface area contributed by atoms with Gasteiger partial charge in [-0.2, -0.15) is 0 Å². The first-order chi connectivity index (χ1) is 11.5. The quantitative estimate of drug-likeness (QED) is 0.722. The molecule has 0 aliphatic rings. The van der Waals surface area contributed by atoms with Crippen LogP contribution in [-0.4, -0.2) is 34.6 Å². The Morgan fingerprint density at radius 2 is 1.96 bits per heavy atom. The highest BCUT2D eigenvalue weighted by Crippen LogP contribution is 2.24. The summed E-state index contributed by atoms with van der Waals surface area (Å²) in [5.41, 5.74) is 2.91. The lowest BCUT2D eigenvalue weighted by Crippen LogP contribution is -2.22. The molecule has 2 heterocycles. The number of carbonyl (C=O) groups excluding carboxylic acids is 1. The Morgan fingerprint density at radius 3 is 2.67 bits per heavy atom. The van der Waals surface area contributed by atoms with E-state index in [1.54, 1.807) is 0 Å². The van der Waals surface area contributed by atoms with E-state index < -0.39 is 0 Å². The molecule has 0 aliphatic carbocycles. The third-order valence-corrected chi connectivity index (χ3v) is 4.79. The summed E-state index contributed by atoms with van der Waals surface area (Å²) in [6, 6.07) is 13.7. The van der Waals surface area contributed by atoms with Crippen LogP contribution in [0.15, 0.2) is 60.0 Å². The zero-order chi connectivity index (χ0) is 17.1. The number of hydrogen-bond acceptors (Lipinski definition) is 4. The molecular formula is C18H20N4OS. The number of fused-ring (bicyclic) bond motifs is 1. The maximum atomic E-state index is 12.4. The molecule has 0 spiro atoms. The lowest BCUT2D eigenvalue weighted by atomic mass is 10.2. The predicted molar refractivity (Wildman–Crippen MR) is 99.9 cm³/mol. The molecule has 3 rings (SSSR count). The molecule has 0 radical (unpaired) electrons. The Kier molecular flexibility index (Phi) is 4.76. The molecule has 0 fully saturated rings. The number of anilines is 2. The third kappa shape index (κ3) is 3.54. The van der Waals surface area contributed by atoms with Crippen LogP contribution in [0.5, 0.6) is 0 Å². The molecule has 0 aliphatic heterocycles. The number of benzene rings is 1. The van der Waals surface area contributed by atoms with E-state index in [0.717, 1.165) is 22.0 Å². The van der Waals surface area contributed by atoms with Gasteiger partial charge in [-0.25, -0.2) is 4.98 Å². The molecule has 24 heavy (non-hydrogen) atoms. The second-order valence-corrected chi connectivity index (χ2v) is 7.03. The third-order valence-electron chi connectivity index (χ3n) is 3.71. The summed E-state index contributed by atoms with van der Waals surface area (Å²) >= 11 is 1.45. The first-order valence-corrected chi connectivity index (χ1v) is 8.59. The van der Waals surface area contributed by atoms with Gasteiger partial charge in [0, 0.05) is 31.7 Å². The van der Waals surface area contributed by atoms with E-state index in [-0.39, 0.29) is 11.2 Å². The van der Waals surface area contributed by atoms with Crippen molar-refractivity contribution in [1.29, 1.82) is 0 Å². The van der Waals surface area contributed by atoms with Crippen LogP contribution >= 0.6 is 11.8 Å². The number of pyridine rings is 1. The van der Waals surface area contributed by atoms with Crippen molar-refractivity contribution < 1.29 is 4.79 Å². The van der Waals surface area contributed by atoms with Gasteiger partial charge in [0.05, 0.1) is 17.0 Å². The summed E-state index contributed by atoms with van der Waals surface area (Å²) in [6.45, 7) is 1.89. The van der Waals surface area contributed by atoms with Crippen LogP contribution in [-0.2, 0) is 4.79 Å². The molecule has 1 atom stereocenters. The fourth-order valence-corrected chi connectivity index (χ4v) is 3.18. The van der Waals surface area contributed by atoms with Gasteiger partial charge in [-0.15, -0.1) is 0 Å². The number of nitrogens with one attached hydrogen (secondary N) is 1. The smallest absolute Gasteiger partial charge is 0.237 e. The van der Waals surface area contributed by atoms with E-state index in [2.05, 4.69) is 10.3 Å². The summed E-state index contributed by atoms with van der Waals surface area (Å²) in [5, 5.41) is 3.52. The summed E-state index contributed by atoms with van der Waals surface area (Å²) in [7, 11) is 3.97. The van der Waals surface area contributed by atoms with E-state index in [0.29, 0.717) is 0 Å². The number of imidazole rings is 1. The van der Waals surface area contributed by atoms with Crippen molar-refractivity contribution in [3.63, 3.8) is 0 Å². The molecule has 2 aromatic heterocycles. The molecule has 1 aromatic carbocycles. The van der Waals surface area contributed by atoms with E-state index in [9.17, 15) is 4.79 Å². The number of amides is 1. The molecular weight excluding hydrogens is 320 g/mol. The standard InChI is InChI=1S/C18H20N4OS/c1-13(24-18-19-12-16-6-4-5-11-22(16)18)17(23)20-14-7-9-15(10-8-14)21(2)3/h4-13H,1-3H3,(H,20,23)/t13-/m0/s1. The van der Waals surface area contributed by atoms with Crippen molar-refractivity contribution in [2.75, 3.05) is 24.3 Å². The fraction of sp³-hybridized carbons (Fsp3) is 0.222. The van der Waals surface area contributed by atoms with Gasteiger partial charge in [-0.3, -0.25) is 9.20 Å². The highest BCUT2D eigenvalue weighted by molar-refractivity contribution is 8.00. The monoisotopic (exact) mass is 340 g/mol. The van der Waals surface area contributed by atoms with E-state index in [1.165, 1.54) is 11.8 Å². The molecule has 5 nitrogen and oxygen atoms in total. The average Bonchev–Trinajstić information content (AvgIpc) is 2.98. The van der Waals surface area contributed by atoms with Gasteiger partial charge in [0.1, 0.15) is 0 Å². The minimum atomic E-state index is -0.246. The maximum Gasteiger partial charge on any atom is 0.237 e. The molecule has 1 N–H and O–H groups in total. The van der Waals surface area contributed by atoms with E-state index in [1.807, 2.05) is 85.2 Å². The topological polar surface area (TPSA) is 49.6 Å². The number of carbonyl (C=O) groups is 1. The van der Waals surface area contributed by atoms with Gasteiger partial charge in [0.2, 0.25) is 5.91 Å². The Balaban J connectivity index is 1.66. The second-order valence-electron chi connectivity index (χ2n) is 5.73. The highest BCUT2D eigenvalue weighted by atomic mass is 32.2. The predicted octanol–water partition coefficient (Wildman–Crippen LogP) is 3.52. The number of nitrogens with zero attached hydrogens (tertiary/aromatic N) is 3. The van der Waals surface area contributed by atoms with Crippen LogP contribution in [0.25, 0.3) is 5.52 Å². The normalized spacial score (nSPS) is 12.1. The first-order valence-electron chi connectivity index (χ1n) is 7.71. The SMILES string of the molecule is C[C@H](Sc1ncc2ccccn12)C(=O)Nc1ccc(N(C)C)cc1. The minimum Gasteiger partial charge on any atom is -0.378 e. The molecule has 0 saturated heterocycles. The molecule has 1 amide bonds. The molecule has 0 bridgehead atoms. The van der Waals surface area contributed by atoms with Gasteiger partial charge in [0.15, 0.2) is 5.16 Å². The highest BCUT2D eigenvalue weighted by Gasteiger charge is 2.17. The number of hydrogen-bond donors (Lipinski definition) is 1. The van der Waals surface area contributed by atoms with Gasteiger partial charge in [-0.05, 0) is 43.3 Å². The zero-order valence-corrected chi connectivity index (χ0v) is 14.7. The van der Waals surface area contributed by atoms with Gasteiger partial charge in [0.25, 0.3) is 0 Å². The van der Waals surface area contributed by atoms with Crippen molar-refractivity contribution in [2.24, 2.45) is 0 Å². The van der Waals surface area contributed by atoms with Gasteiger partial charge in [-0.1, -0.05) is 17.8 Å². The summed E-state index contributed by atoms with van der Waals surface area (Å²) in [5.74, 6) is -0.0368. The Labute approximate surface area is 145 Å². The molecule has 3 aromatic rings. The van der Waals surface area contributed by atoms with Crippen LogP contribution in [0.4, 0.5) is 11.4 Å². The van der Waals surface area contributed by atoms with E-state index in [4.69, 9.17) is 0 Å².